The van der Waals surface area contributed by atoms with Gasteiger partial charge in [0.2, 0.25) is 0 Å². The summed E-state index contributed by atoms with van der Waals surface area (Å²) in [4.78, 5) is 23.2. The molecule has 0 aliphatic heterocycles. The van der Waals surface area contributed by atoms with Crippen molar-refractivity contribution in [2.75, 3.05) is 5.32 Å². The highest BCUT2D eigenvalue weighted by atomic mass is 35.5. The zero-order chi connectivity index (χ0) is 16.8. The van der Waals surface area contributed by atoms with Crippen LogP contribution in [0.4, 0.5) is 10.5 Å². The average Bonchev–Trinajstić information content (AvgIpc) is 2.52. The van der Waals surface area contributed by atoms with Crippen molar-refractivity contribution in [1.82, 2.24) is 5.32 Å². The predicted molar refractivity (Wildman–Crippen MR) is 87.6 cm³/mol. The van der Waals surface area contributed by atoms with Crippen molar-refractivity contribution in [3.8, 4) is 0 Å². The molecule has 0 saturated heterocycles. The molecule has 2 aromatic carbocycles. The highest BCUT2D eigenvalue weighted by Gasteiger charge is 2.15. The number of nitrogens with one attached hydrogen (secondary N) is 2. The summed E-state index contributed by atoms with van der Waals surface area (Å²) in [5.41, 5.74) is 1.05. The molecule has 2 rings (SSSR count). The first-order valence-corrected chi connectivity index (χ1v) is 7.49. The molecule has 2 amide bonds. The van der Waals surface area contributed by atoms with Crippen LogP contribution >= 0.6 is 23.2 Å². The first-order valence-electron chi connectivity index (χ1n) is 6.73. The lowest BCUT2D eigenvalue weighted by Crippen LogP contribution is -2.50. The van der Waals surface area contributed by atoms with Gasteiger partial charge >= 0.3 is 6.03 Å². The van der Waals surface area contributed by atoms with Gasteiger partial charge in [-0.3, -0.25) is 0 Å². The number of aliphatic carboxylic acids is 1. The summed E-state index contributed by atoms with van der Waals surface area (Å²) in [7, 11) is 0. The molecule has 5 nitrogen and oxygen atoms in total. The second-order valence-corrected chi connectivity index (χ2v) is 5.55. The van der Waals surface area contributed by atoms with E-state index in [4.69, 9.17) is 23.2 Å². The quantitative estimate of drug-likeness (QED) is 0.868. The lowest BCUT2D eigenvalue weighted by atomic mass is 10.1. The van der Waals surface area contributed by atoms with Gasteiger partial charge in [0.15, 0.2) is 0 Å². The van der Waals surface area contributed by atoms with E-state index in [0.717, 1.165) is 5.56 Å². The van der Waals surface area contributed by atoms with Crippen molar-refractivity contribution in [1.29, 1.82) is 0 Å². The topological polar surface area (TPSA) is 81.3 Å². The number of hydrogen-bond acceptors (Lipinski definition) is 3. The SMILES string of the molecule is O=C(Nc1cccc(Cl)c1Cl)N[C@@H](Cc1ccccc1)C(=O)[O-]. The molecule has 2 aromatic rings. The van der Waals surface area contributed by atoms with Crippen LogP contribution in [-0.4, -0.2) is 18.0 Å². The Kier molecular flexibility index (Phi) is 5.84. The Balaban J connectivity index is 2.03. The lowest BCUT2D eigenvalue weighted by Gasteiger charge is -2.20. The number of amides is 2. The Morgan fingerprint density at radius 1 is 1.04 bits per heavy atom. The molecule has 0 aliphatic rings. The third kappa shape index (κ3) is 4.87. The van der Waals surface area contributed by atoms with Gasteiger partial charge in [-0.2, -0.15) is 0 Å². The maximum absolute atomic E-state index is 12.0. The van der Waals surface area contributed by atoms with Gasteiger partial charge in [-0.05, 0) is 24.1 Å². The fraction of sp³-hybridized carbons (Fsp3) is 0.125. The second kappa shape index (κ2) is 7.85. The van der Waals surface area contributed by atoms with Gasteiger partial charge in [-0.25, -0.2) is 4.79 Å². The minimum atomic E-state index is -1.37. The summed E-state index contributed by atoms with van der Waals surface area (Å²) >= 11 is 11.8. The number of anilines is 1. The van der Waals surface area contributed by atoms with E-state index < -0.39 is 18.0 Å². The van der Waals surface area contributed by atoms with Crippen molar-refractivity contribution in [3.63, 3.8) is 0 Å². The molecule has 0 unspecified atom stereocenters. The molecule has 0 aromatic heterocycles. The molecular weight excluding hydrogens is 339 g/mol. The largest absolute Gasteiger partial charge is 0.548 e. The van der Waals surface area contributed by atoms with E-state index in [1.165, 1.54) is 0 Å². The summed E-state index contributed by atoms with van der Waals surface area (Å²) in [6, 6.07) is 11.8. The fourth-order valence-corrected chi connectivity index (χ4v) is 2.31. The minimum Gasteiger partial charge on any atom is -0.548 e. The number of halogens is 2. The van der Waals surface area contributed by atoms with Crippen molar-refractivity contribution in [3.05, 3.63) is 64.1 Å². The van der Waals surface area contributed by atoms with Crippen LogP contribution < -0.4 is 15.7 Å². The highest BCUT2D eigenvalue weighted by molar-refractivity contribution is 6.43. The summed E-state index contributed by atoms with van der Waals surface area (Å²) in [5, 5.41) is 16.5. The molecule has 7 heteroatoms. The van der Waals surface area contributed by atoms with Gasteiger partial charge in [0, 0.05) is 0 Å². The van der Waals surface area contributed by atoms with Crippen LogP contribution in [0.3, 0.4) is 0 Å². The minimum absolute atomic E-state index is 0.111. The normalized spacial score (nSPS) is 11.6. The van der Waals surface area contributed by atoms with Crippen LogP contribution in [0, 0.1) is 0 Å². The summed E-state index contributed by atoms with van der Waals surface area (Å²) in [6.07, 6.45) is 0.111. The van der Waals surface area contributed by atoms with Crippen molar-refractivity contribution >= 4 is 40.9 Å². The Labute approximate surface area is 143 Å². The molecule has 120 valence electrons. The van der Waals surface area contributed by atoms with E-state index in [1.807, 2.05) is 6.07 Å². The van der Waals surface area contributed by atoms with Crippen molar-refractivity contribution in [2.24, 2.45) is 0 Å². The van der Waals surface area contributed by atoms with Gasteiger partial charge in [0.1, 0.15) is 0 Å². The highest BCUT2D eigenvalue weighted by Crippen LogP contribution is 2.29. The smallest absolute Gasteiger partial charge is 0.319 e. The molecule has 0 heterocycles. The van der Waals surface area contributed by atoms with Crippen LogP contribution in [0.5, 0.6) is 0 Å². The van der Waals surface area contributed by atoms with Crippen LogP contribution in [0.2, 0.25) is 10.0 Å². The van der Waals surface area contributed by atoms with E-state index >= 15 is 0 Å². The Morgan fingerprint density at radius 2 is 1.74 bits per heavy atom. The van der Waals surface area contributed by atoms with E-state index in [0.29, 0.717) is 0 Å². The molecule has 2 N–H and O–H groups in total. The number of carbonyl (C=O) groups is 2. The Morgan fingerprint density at radius 3 is 2.39 bits per heavy atom. The van der Waals surface area contributed by atoms with Gasteiger partial charge in [0.25, 0.3) is 0 Å². The molecule has 0 bridgehead atoms. The number of urea groups is 1. The number of benzene rings is 2. The van der Waals surface area contributed by atoms with Crippen LogP contribution in [0.15, 0.2) is 48.5 Å². The molecule has 0 aliphatic carbocycles. The fourth-order valence-electron chi connectivity index (χ4n) is 1.96. The van der Waals surface area contributed by atoms with Crippen LogP contribution in [0.1, 0.15) is 5.56 Å². The zero-order valence-corrected chi connectivity index (χ0v) is 13.4. The standard InChI is InChI=1S/C16H14Cl2N2O3/c17-11-7-4-8-12(14(11)18)19-16(23)20-13(15(21)22)9-10-5-2-1-3-6-10/h1-8,13H,9H2,(H,21,22)(H2,19,20,23)/p-1/t13-/m0/s1. The van der Waals surface area contributed by atoms with Crippen molar-refractivity contribution < 1.29 is 14.7 Å². The third-order valence-corrected chi connectivity index (χ3v) is 3.89. The van der Waals surface area contributed by atoms with Gasteiger partial charge < -0.3 is 20.5 Å². The molecule has 1 atom stereocenters. The first kappa shape index (κ1) is 17.1. The molecular formula is C16H13Cl2N2O3-. The van der Waals surface area contributed by atoms with Crippen LogP contribution in [0.25, 0.3) is 0 Å². The summed E-state index contributed by atoms with van der Waals surface area (Å²) in [6.45, 7) is 0. The van der Waals surface area contributed by atoms with Gasteiger partial charge in [-0.1, -0.05) is 59.6 Å². The van der Waals surface area contributed by atoms with E-state index in [1.54, 1.807) is 42.5 Å². The number of carboxylic acids is 1. The maximum Gasteiger partial charge on any atom is 0.319 e. The van der Waals surface area contributed by atoms with E-state index in [-0.39, 0.29) is 22.2 Å². The monoisotopic (exact) mass is 351 g/mol. The molecule has 0 spiro atoms. The average molecular weight is 352 g/mol. The summed E-state index contributed by atoms with van der Waals surface area (Å²) < 4.78 is 0. The van der Waals surface area contributed by atoms with Crippen LogP contribution in [-0.2, 0) is 11.2 Å². The Hall–Kier alpha value is -2.24. The second-order valence-electron chi connectivity index (χ2n) is 4.76. The summed E-state index contributed by atoms with van der Waals surface area (Å²) in [5.74, 6) is -1.37. The lowest BCUT2D eigenvalue weighted by molar-refractivity contribution is -0.308. The maximum atomic E-state index is 12.0. The molecule has 23 heavy (non-hydrogen) atoms. The van der Waals surface area contributed by atoms with E-state index in [9.17, 15) is 14.7 Å². The third-order valence-electron chi connectivity index (χ3n) is 3.07. The predicted octanol–water partition coefficient (Wildman–Crippen LogP) is 2.48. The Bertz CT molecular complexity index is 708. The first-order chi connectivity index (χ1) is 11.0. The number of carbonyl (C=O) groups excluding carboxylic acids is 2. The van der Waals surface area contributed by atoms with Crippen molar-refractivity contribution in [2.45, 2.75) is 12.5 Å². The number of rotatable bonds is 5. The molecule has 0 fully saturated rings. The molecule has 0 radical (unpaired) electrons. The van der Waals surface area contributed by atoms with Gasteiger partial charge in [-0.15, -0.1) is 0 Å². The molecule has 0 saturated carbocycles. The zero-order valence-electron chi connectivity index (χ0n) is 11.9. The van der Waals surface area contributed by atoms with E-state index in [2.05, 4.69) is 10.6 Å². The number of carboxylic acid groups (broad SMARTS) is 1. The number of hydrogen-bond donors (Lipinski definition) is 2. The van der Waals surface area contributed by atoms with Gasteiger partial charge in [0.05, 0.1) is 27.7 Å².